The molecule has 0 bridgehead atoms. The monoisotopic (exact) mass is 353 g/mol. The number of hydrogen-bond acceptors (Lipinski definition) is 5. The van der Waals surface area contributed by atoms with Gasteiger partial charge < -0.3 is 14.2 Å². The number of carbonyl (C=O) groups excluding carboxylic acids is 1. The van der Waals surface area contributed by atoms with Crippen LogP contribution in [0.5, 0.6) is 0 Å². The Kier molecular flexibility index (Phi) is 6.22. The highest BCUT2D eigenvalue weighted by atomic mass is 16.7. The molecule has 2 aromatic carbocycles. The molecule has 26 heavy (non-hydrogen) atoms. The highest BCUT2D eigenvalue weighted by Gasteiger charge is 2.24. The normalized spacial score (nSPS) is 15.7. The molecule has 0 N–H and O–H groups in total. The highest BCUT2D eigenvalue weighted by molar-refractivity contribution is 5.89. The van der Waals surface area contributed by atoms with Crippen molar-refractivity contribution in [3.63, 3.8) is 0 Å². The number of hydrogen-bond donors (Lipinski definition) is 0. The van der Waals surface area contributed by atoms with E-state index in [4.69, 9.17) is 19.7 Å². The topological polar surface area (TPSA) is 93.5 Å². The molecule has 3 rings (SSSR count). The molecule has 0 unspecified atom stereocenters. The zero-order valence-corrected chi connectivity index (χ0v) is 14.2. The molecule has 7 heteroatoms. The Balaban J connectivity index is 1.77. The van der Waals surface area contributed by atoms with Crippen LogP contribution in [0, 0.1) is 0 Å². The van der Waals surface area contributed by atoms with Crippen molar-refractivity contribution in [2.75, 3.05) is 19.8 Å². The summed E-state index contributed by atoms with van der Waals surface area (Å²) in [6.07, 6.45) is 0.328. The third-order valence-electron chi connectivity index (χ3n) is 4.01. The number of ether oxygens (including phenoxy) is 3. The Morgan fingerprint density at radius 2 is 1.85 bits per heavy atom. The third kappa shape index (κ3) is 4.40. The van der Waals surface area contributed by atoms with Crippen LogP contribution in [0.2, 0.25) is 0 Å². The quantitative estimate of drug-likeness (QED) is 0.334. The molecule has 0 spiro atoms. The zero-order valence-electron chi connectivity index (χ0n) is 14.2. The predicted molar refractivity (Wildman–Crippen MR) is 94.3 cm³/mol. The zero-order chi connectivity index (χ0) is 18.2. The van der Waals surface area contributed by atoms with E-state index in [9.17, 15) is 4.79 Å². The van der Waals surface area contributed by atoms with Crippen molar-refractivity contribution in [2.45, 2.75) is 18.8 Å². The lowest BCUT2D eigenvalue weighted by molar-refractivity contribution is -0.183. The third-order valence-corrected chi connectivity index (χ3v) is 4.01. The first-order valence-electron chi connectivity index (χ1n) is 8.38. The Bertz CT molecular complexity index is 784. The SMILES string of the molecule is [N-]=[N+]=N[C@H](COC(=O)c1ccccc1)c1ccccc1C1OCCCO1. The smallest absolute Gasteiger partial charge is 0.338 e. The van der Waals surface area contributed by atoms with E-state index >= 15 is 0 Å². The summed E-state index contributed by atoms with van der Waals surface area (Å²) in [5, 5.41) is 3.81. The van der Waals surface area contributed by atoms with E-state index in [1.807, 2.05) is 30.3 Å². The number of rotatable bonds is 6. The van der Waals surface area contributed by atoms with Gasteiger partial charge in [-0.25, -0.2) is 4.79 Å². The van der Waals surface area contributed by atoms with Crippen molar-refractivity contribution in [3.05, 3.63) is 81.7 Å². The molecule has 0 aromatic heterocycles. The first-order valence-corrected chi connectivity index (χ1v) is 8.38. The van der Waals surface area contributed by atoms with Crippen LogP contribution in [0.3, 0.4) is 0 Å². The summed E-state index contributed by atoms with van der Waals surface area (Å²) in [4.78, 5) is 15.1. The molecular weight excluding hydrogens is 334 g/mol. The number of azide groups is 1. The minimum atomic E-state index is -0.669. The average Bonchev–Trinajstić information content (AvgIpc) is 2.72. The minimum absolute atomic E-state index is 0.0679. The van der Waals surface area contributed by atoms with Crippen LogP contribution >= 0.6 is 0 Å². The van der Waals surface area contributed by atoms with Crippen molar-refractivity contribution in [3.8, 4) is 0 Å². The van der Waals surface area contributed by atoms with Gasteiger partial charge in [-0.15, -0.1) is 0 Å². The Morgan fingerprint density at radius 3 is 2.58 bits per heavy atom. The van der Waals surface area contributed by atoms with Gasteiger partial charge in [-0.2, -0.15) is 0 Å². The fraction of sp³-hybridized carbons (Fsp3) is 0.316. The van der Waals surface area contributed by atoms with Gasteiger partial charge in [-0.05, 0) is 29.6 Å². The lowest BCUT2D eigenvalue weighted by Crippen LogP contribution is -2.20. The van der Waals surface area contributed by atoms with Gasteiger partial charge in [0.25, 0.3) is 0 Å². The Labute approximate surface area is 151 Å². The van der Waals surface area contributed by atoms with Crippen molar-refractivity contribution < 1.29 is 19.0 Å². The molecular formula is C19H19N3O4. The van der Waals surface area contributed by atoms with Gasteiger partial charge in [0.1, 0.15) is 6.61 Å². The molecule has 1 aliphatic rings. The first kappa shape index (κ1) is 17.9. The molecule has 1 heterocycles. The molecule has 0 aliphatic carbocycles. The molecule has 0 amide bonds. The van der Waals surface area contributed by atoms with Gasteiger partial charge in [0.05, 0.1) is 24.8 Å². The van der Waals surface area contributed by atoms with E-state index in [1.54, 1.807) is 24.3 Å². The first-order chi connectivity index (χ1) is 12.8. The highest BCUT2D eigenvalue weighted by Crippen LogP contribution is 2.31. The molecule has 1 fully saturated rings. The molecule has 1 atom stereocenters. The number of nitrogens with zero attached hydrogens (tertiary/aromatic N) is 3. The minimum Gasteiger partial charge on any atom is -0.461 e. The van der Waals surface area contributed by atoms with E-state index in [2.05, 4.69) is 10.0 Å². The van der Waals surface area contributed by atoms with Gasteiger partial charge in [0.15, 0.2) is 6.29 Å². The van der Waals surface area contributed by atoms with Crippen LogP contribution in [0.25, 0.3) is 10.4 Å². The molecule has 1 aliphatic heterocycles. The summed E-state index contributed by atoms with van der Waals surface area (Å²) < 4.78 is 16.7. The number of benzene rings is 2. The lowest BCUT2D eigenvalue weighted by Gasteiger charge is -2.26. The molecule has 134 valence electrons. The van der Waals surface area contributed by atoms with Crippen LogP contribution in [-0.2, 0) is 14.2 Å². The van der Waals surface area contributed by atoms with Crippen LogP contribution in [0.15, 0.2) is 59.7 Å². The number of esters is 1. The van der Waals surface area contributed by atoms with Crippen LogP contribution in [-0.4, -0.2) is 25.8 Å². The van der Waals surface area contributed by atoms with E-state index in [0.29, 0.717) is 18.8 Å². The maximum absolute atomic E-state index is 12.2. The summed E-state index contributed by atoms with van der Waals surface area (Å²) >= 11 is 0. The van der Waals surface area contributed by atoms with Crippen molar-refractivity contribution >= 4 is 5.97 Å². The number of carbonyl (C=O) groups is 1. The van der Waals surface area contributed by atoms with E-state index in [-0.39, 0.29) is 6.61 Å². The molecule has 2 aromatic rings. The van der Waals surface area contributed by atoms with Crippen LogP contribution < -0.4 is 0 Å². The summed E-state index contributed by atoms with van der Waals surface area (Å²) in [5.74, 6) is -0.466. The van der Waals surface area contributed by atoms with Gasteiger partial charge in [-0.1, -0.05) is 47.6 Å². The van der Waals surface area contributed by atoms with Crippen molar-refractivity contribution in [2.24, 2.45) is 5.11 Å². The largest absolute Gasteiger partial charge is 0.461 e. The molecule has 0 saturated carbocycles. The van der Waals surface area contributed by atoms with Gasteiger partial charge in [0, 0.05) is 10.5 Å². The second-order valence-electron chi connectivity index (χ2n) is 5.74. The van der Waals surface area contributed by atoms with Crippen LogP contribution in [0.1, 0.15) is 40.2 Å². The van der Waals surface area contributed by atoms with Crippen LogP contribution in [0.4, 0.5) is 0 Å². The lowest BCUT2D eigenvalue weighted by atomic mass is 10.0. The summed E-state index contributed by atoms with van der Waals surface area (Å²) in [5.41, 5.74) is 10.9. The summed E-state index contributed by atoms with van der Waals surface area (Å²) in [7, 11) is 0. The maximum atomic E-state index is 12.2. The maximum Gasteiger partial charge on any atom is 0.338 e. The summed E-state index contributed by atoms with van der Waals surface area (Å²) in [6, 6.07) is 15.4. The fourth-order valence-electron chi connectivity index (χ4n) is 2.76. The van der Waals surface area contributed by atoms with Crippen molar-refractivity contribution in [1.29, 1.82) is 0 Å². The summed E-state index contributed by atoms with van der Waals surface area (Å²) in [6.45, 7) is 1.14. The van der Waals surface area contributed by atoms with Gasteiger partial charge in [0.2, 0.25) is 0 Å². The molecule has 1 saturated heterocycles. The second kappa shape index (κ2) is 9.01. The fourth-order valence-corrected chi connectivity index (χ4v) is 2.76. The van der Waals surface area contributed by atoms with E-state index in [0.717, 1.165) is 17.5 Å². The van der Waals surface area contributed by atoms with E-state index in [1.165, 1.54) is 0 Å². The molecule has 7 nitrogen and oxygen atoms in total. The Morgan fingerprint density at radius 1 is 1.15 bits per heavy atom. The van der Waals surface area contributed by atoms with Gasteiger partial charge >= 0.3 is 5.97 Å². The predicted octanol–water partition coefficient (Wildman–Crippen LogP) is 4.33. The second-order valence-corrected chi connectivity index (χ2v) is 5.74. The standard InChI is InChI=1S/C19H19N3O4/c20-22-21-17(13-26-18(23)14-7-2-1-3-8-14)15-9-4-5-10-16(15)19-24-11-6-12-25-19/h1-5,7-10,17,19H,6,11-13H2/t17-/m1/s1. The average molecular weight is 353 g/mol. The van der Waals surface area contributed by atoms with Gasteiger partial charge in [-0.3, -0.25) is 0 Å². The van der Waals surface area contributed by atoms with Crippen molar-refractivity contribution in [1.82, 2.24) is 0 Å². The van der Waals surface area contributed by atoms with E-state index < -0.39 is 18.3 Å². The molecule has 0 radical (unpaired) electrons. The Hall–Kier alpha value is -2.86.